The number of fused-ring (bicyclic) bond motifs is 1. The minimum Gasteiger partial charge on any atom is -0.330 e. The Morgan fingerprint density at radius 1 is 1.47 bits per heavy atom. The van der Waals surface area contributed by atoms with Gasteiger partial charge in [-0.2, -0.15) is 0 Å². The van der Waals surface area contributed by atoms with Gasteiger partial charge >= 0.3 is 0 Å². The number of aryl methyl sites for hydroxylation is 2. The predicted octanol–water partition coefficient (Wildman–Crippen LogP) is 3.16. The first-order valence-electron chi connectivity index (χ1n) is 7.06. The molecule has 3 nitrogen and oxygen atoms in total. The minimum atomic E-state index is 0.790. The Kier molecular flexibility index (Phi) is 3.76. The molecule has 4 heteroatoms. The Morgan fingerprint density at radius 2 is 2.37 bits per heavy atom. The van der Waals surface area contributed by atoms with Crippen LogP contribution in [0.3, 0.4) is 0 Å². The maximum absolute atomic E-state index is 6.25. The first-order valence-corrected chi connectivity index (χ1v) is 7.44. The summed E-state index contributed by atoms with van der Waals surface area (Å²) in [6.45, 7) is 2.34. The molecule has 0 saturated carbocycles. The van der Waals surface area contributed by atoms with Gasteiger partial charge in [0.25, 0.3) is 0 Å². The second-order valence-corrected chi connectivity index (χ2v) is 5.85. The van der Waals surface area contributed by atoms with Gasteiger partial charge in [-0.05, 0) is 50.4 Å². The Morgan fingerprint density at radius 3 is 3.11 bits per heavy atom. The molecule has 3 rings (SSSR count). The van der Waals surface area contributed by atoms with Crippen molar-refractivity contribution < 1.29 is 0 Å². The van der Waals surface area contributed by atoms with E-state index in [0.717, 1.165) is 40.8 Å². The van der Waals surface area contributed by atoms with Gasteiger partial charge in [-0.1, -0.05) is 17.7 Å². The maximum atomic E-state index is 6.25. The largest absolute Gasteiger partial charge is 0.330 e. The molecule has 0 amide bonds. The summed E-state index contributed by atoms with van der Waals surface area (Å²) >= 11 is 6.25. The lowest BCUT2D eigenvalue weighted by atomic mass is 9.94. The molecule has 1 atom stereocenters. The number of hydrogen-bond donors (Lipinski definition) is 1. The Bertz CT molecular complexity index is 570. The summed E-state index contributed by atoms with van der Waals surface area (Å²) in [4.78, 5) is 4.72. The fraction of sp³-hybridized carbons (Fsp3) is 0.533. The third-order valence-corrected chi connectivity index (χ3v) is 4.42. The van der Waals surface area contributed by atoms with E-state index < -0.39 is 0 Å². The molecule has 1 unspecified atom stereocenters. The van der Waals surface area contributed by atoms with Crippen LogP contribution in [0.25, 0.3) is 11.0 Å². The number of halogens is 1. The third-order valence-electron chi connectivity index (χ3n) is 4.11. The van der Waals surface area contributed by atoms with E-state index in [1.165, 1.54) is 25.8 Å². The second kappa shape index (κ2) is 5.51. The lowest BCUT2D eigenvalue weighted by Crippen LogP contribution is -2.30. The van der Waals surface area contributed by atoms with Gasteiger partial charge in [0.05, 0.1) is 16.1 Å². The summed E-state index contributed by atoms with van der Waals surface area (Å²) in [6.07, 6.45) is 4.90. The van der Waals surface area contributed by atoms with Gasteiger partial charge in [-0.15, -0.1) is 0 Å². The van der Waals surface area contributed by atoms with Crippen molar-refractivity contribution in [3.63, 3.8) is 0 Å². The highest BCUT2D eigenvalue weighted by molar-refractivity contribution is 6.35. The Labute approximate surface area is 119 Å². The predicted molar refractivity (Wildman–Crippen MR) is 79.6 cm³/mol. The van der Waals surface area contributed by atoms with Crippen molar-refractivity contribution in [1.29, 1.82) is 0 Å². The van der Waals surface area contributed by atoms with E-state index in [2.05, 4.69) is 16.9 Å². The van der Waals surface area contributed by atoms with E-state index in [9.17, 15) is 0 Å². The number of nitrogens with one attached hydrogen (secondary N) is 1. The quantitative estimate of drug-likeness (QED) is 0.934. The fourth-order valence-corrected chi connectivity index (χ4v) is 3.29. The van der Waals surface area contributed by atoms with Gasteiger partial charge in [0, 0.05) is 13.5 Å². The van der Waals surface area contributed by atoms with Crippen molar-refractivity contribution in [3.05, 3.63) is 29.0 Å². The first-order chi connectivity index (χ1) is 9.25. The van der Waals surface area contributed by atoms with Crippen molar-refractivity contribution in [2.24, 2.45) is 13.0 Å². The van der Waals surface area contributed by atoms with E-state index in [-0.39, 0.29) is 0 Å². The van der Waals surface area contributed by atoms with Crippen LogP contribution in [0.4, 0.5) is 0 Å². The number of benzene rings is 1. The topological polar surface area (TPSA) is 29.9 Å². The molecule has 1 fully saturated rings. The number of para-hydroxylation sites is 1. The zero-order valence-corrected chi connectivity index (χ0v) is 12.1. The van der Waals surface area contributed by atoms with Gasteiger partial charge in [-0.3, -0.25) is 0 Å². The molecule has 0 spiro atoms. The van der Waals surface area contributed by atoms with Gasteiger partial charge in [0.15, 0.2) is 0 Å². The van der Waals surface area contributed by atoms with Crippen LogP contribution < -0.4 is 5.32 Å². The fourth-order valence-electron chi connectivity index (χ4n) is 3.00. The average Bonchev–Trinajstić information content (AvgIpc) is 2.76. The molecule has 1 saturated heterocycles. The van der Waals surface area contributed by atoms with Crippen LogP contribution in [-0.4, -0.2) is 22.6 Å². The molecular formula is C15H20ClN3. The van der Waals surface area contributed by atoms with Gasteiger partial charge in [-0.25, -0.2) is 4.98 Å². The van der Waals surface area contributed by atoms with Crippen molar-refractivity contribution in [2.75, 3.05) is 13.1 Å². The van der Waals surface area contributed by atoms with Crippen molar-refractivity contribution in [3.8, 4) is 0 Å². The van der Waals surface area contributed by atoms with Gasteiger partial charge in [0.1, 0.15) is 5.82 Å². The number of nitrogens with zero attached hydrogens (tertiary/aromatic N) is 2. The average molecular weight is 278 g/mol. The molecule has 1 aromatic heterocycles. The maximum Gasteiger partial charge on any atom is 0.109 e. The normalized spacial score (nSPS) is 20.0. The number of aromatic nitrogens is 2. The van der Waals surface area contributed by atoms with E-state index in [1.807, 2.05) is 18.2 Å². The smallest absolute Gasteiger partial charge is 0.109 e. The van der Waals surface area contributed by atoms with Crippen LogP contribution in [0.5, 0.6) is 0 Å². The summed E-state index contributed by atoms with van der Waals surface area (Å²) in [6, 6.07) is 5.93. The molecule has 1 aromatic carbocycles. The van der Waals surface area contributed by atoms with Crippen molar-refractivity contribution in [1.82, 2.24) is 14.9 Å². The molecular weight excluding hydrogens is 258 g/mol. The summed E-state index contributed by atoms with van der Waals surface area (Å²) in [5, 5.41) is 4.26. The highest BCUT2D eigenvalue weighted by atomic mass is 35.5. The Balaban J connectivity index is 1.77. The molecule has 1 aliphatic rings. The third kappa shape index (κ3) is 2.63. The zero-order valence-electron chi connectivity index (χ0n) is 11.3. The minimum absolute atomic E-state index is 0.790. The molecule has 1 aliphatic heterocycles. The lowest BCUT2D eigenvalue weighted by molar-refractivity contribution is 0.355. The zero-order chi connectivity index (χ0) is 13.2. The van der Waals surface area contributed by atoms with Crippen LogP contribution in [-0.2, 0) is 13.5 Å². The van der Waals surface area contributed by atoms with E-state index in [1.54, 1.807) is 0 Å². The number of rotatable bonds is 3. The van der Waals surface area contributed by atoms with Gasteiger partial charge < -0.3 is 9.88 Å². The molecule has 1 N–H and O–H groups in total. The van der Waals surface area contributed by atoms with Crippen molar-refractivity contribution >= 4 is 22.6 Å². The van der Waals surface area contributed by atoms with Crippen LogP contribution in [0.1, 0.15) is 25.1 Å². The number of imidazole rings is 1. The molecule has 102 valence electrons. The number of piperidine rings is 1. The van der Waals surface area contributed by atoms with Crippen molar-refractivity contribution in [2.45, 2.75) is 25.7 Å². The Hall–Kier alpha value is -1.06. The standard InChI is InChI=1S/C15H20ClN3/c1-19-14(8-7-11-4-3-9-17-10-11)18-13-6-2-5-12(16)15(13)19/h2,5-6,11,17H,3-4,7-10H2,1H3. The van der Waals surface area contributed by atoms with E-state index in [0.29, 0.717) is 0 Å². The second-order valence-electron chi connectivity index (χ2n) is 5.45. The number of hydrogen-bond acceptors (Lipinski definition) is 2. The highest BCUT2D eigenvalue weighted by Gasteiger charge is 2.15. The van der Waals surface area contributed by atoms with Crippen LogP contribution in [0.2, 0.25) is 5.02 Å². The van der Waals surface area contributed by atoms with Crippen LogP contribution >= 0.6 is 11.6 Å². The van der Waals surface area contributed by atoms with Crippen LogP contribution in [0.15, 0.2) is 18.2 Å². The van der Waals surface area contributed by atoms with Gasteiger partial charge in [0.2, 0.25) is 0 Å². The summed E-state index contributed by atoms with van der Waals surface area (Å²) in [5.74, 6) is 1.94. The van der Waals surface area contributed by atoms with Crippen LogP contribution in [0, 0.1) is 5.92 Å². The first kappa shape index (κ1) is 12.9. The lowest BCUT2D eigenvalue weighted by Gasteiger charge is -2.22. The molecule has 19 heavy (non-hydrogen) atoms. The monoisotopic (exact) mass is 277 g/mol. The summed E-state index contributed by atoms with van der Waals surface area (Å²) in [5.41, 5.74) is 2.06. The van der Waals surface area contributed by atoms with E-state index >= 15 is 0 Å². The molecule has 0 radical (unpaired) electrons. The molecule has 2 aromatic rings. The van der Waals surface area contributed by atoms with E-state index in [4.69, 9.17) is 16.6 Å². The summed E-state index contributed by atoms with van der Waals surface area (Å²) in [7, 11) is 2.07. The SMILES string of the molecule is Cn1c(CCC2CCCNC2)nc2cccc(Cl)c21. The summed E-state index contributed by atoms with van der Waals surface area (Å²) < 4.78 is 2.15. The molecule has 2 heterocycles. The highest BCUT2D eigenvalue weighted by Crippen LogP contribution is 2.25. The molecule has 0 aliphatic carbocycles. The molecule has 0 bridgehead atoms.